The Hall–Kier alpha value is -2.70. The van der Waals surface area contributed by atoms with E-state index >= 15 is 0 Å². The molecule has 0 unspecified atom stereocenters. The highest BCUT2D eigenvalue weighted by Gasteiger charge is 2.12. The normalized spacial score (nSPS) is 12.0. The molecule has 124 valence electrons. The van der Waals surface area contributed by atoms with Crippen molar-refractivity contribution in [2.45, 2.75) is 6.92 Å². The number of hydrogen-bond acceptors (Lipinski definition) is 3. The summed E-state index contributed by atoms with van der Waals surface area (Å²) in [5.74, 6) is -0.311. The van der Waals surface area contributed by atoms with Gasteiger partial charge in [-0.15, -0.1) is 11.3 Å². The second-order valence-electron chi connectivity index (χ2n) is 5.46. The van der Waals surface area contributed by atoms with E-state index in [9.17, 15) is 4.79 Å². The van der Waals surface area contributed by atoms with E-state index in [0.717, 1.165) is 16.0 Å². The third kappa shape index (κ3) is 2.90. The zero-order chi connectivity index (χ0) is 17.4. The van der Waals surface area contributed by atoms with Gasteiger partial charge in [-0.2, -0.15) is 4.99 Å². The summed E-state index contributed by atoms with van der Waals surface area (Å²) >= 11 is 7.74. The summed E-state index contributed by atoms with van der Waals surface area (Å²) in [7, 11) is 0. The van der Waals surface area contributed by atoms with Crippen LogP contribution in [0.25, 0.3) is 16.7 Å². The predicted molar refractivity (Wildman–Crippen MR) is 99.4 cm³/mol. The molecule has 0 bridgehead atoms. The third-order valence-electron chi connectivity index (χ3n) is 3.77. The van der Waals surface area contributed by atoms with Gasteiger partial charge in [0.25, 0.3) is 5.91 Å². The van der Waals surface area contributed by atoms with Gasteiger partial charge >= 0.3 is 0 Å². The highest BCUT2D eigenvalue weighted by Crippen LogP contribution is 2.20. The topological polar surface area (TPSA) is 63.0 Å². The molecule has 0 saturated carbocycles. The van der Waals surface area contributed by atoms with Gasteiger partial charge in [-0.25, -0.2) is 4.98 Å². The summed E-state index contributed by atoms with van der Waals surface area (Å²) in [6.07, 6.45) is 5.29. The number of nitrogens with one attached hydrogen (secondary N) is 1. The largest absolute Gasteiger partial charge is 0.346 e. The minimum Gasteiger partial charge on any atom is -0.346 e. The number of H-pyrrole nitrogens is 1. The third-order valence-corrected chi connectivity index (χ3v) is 4.99. The Morgan fingerprint density at radius 2 is 2.12 bits per heavy atom. The first-order valence-corrected chi connectivity index (χ1v) is 8.78. The SMILES string of the molecule is Cc1cn(-c2ccccc2Cl)/c(=N/C(=O)c2ccnc3[nH]ccc23)s1. The van der Waals surface area contributed by atoms with E-state index < -0.39 is 0 Å². The number of aryl methyl sites for hydroxylation is 1. The molecular formula is C18H13ClN4OS. The summed E-state index contributed by atoms with van der Waals surface area (Å²) in [5.41, 5.74) is 1.98. The van der Waals surface area contributed by atoms with Gasteiger partial charge in [0.15, 0.2) is 4.80 Å². The number of aromatic amines is 1. The monoisotopic (exact) mass is 368 g/mol. The van der Waals surface area contributed by atoms with Crippen LogP contribution in [0.2, 0.25) is 5.02 Å². The first-order valence-electron chi connectivity index (χ1n) is 7.58. The molecule has 0 fully saturated rings. The quantitative estimate of drug-likeness (QED) is 0.578. The summed E-state index contributed by atoms with van der Waals surface area (Å²) in [6.45, 7) is 1.97. The van der Waals surface area contributed by atoms with Gasteiger partial charge in [0.2, 0.25) is 0 Å². The highest BCUT2D eigenvalue weighted by atomic mass is 35.5. The van der Waals surface area contributed by atoms with Crippen molar-refractivity contribution >= 4 is 39.9 Å². The minimum absolute atomic E-state index is 0.311. The van der Waals surface area contributed by atoms with Crippen LogP contribution >= 0.6 is 22.9 Å². The van der Waals surface area contributed by atoms with Gasteiger partial charge in [-0.1, -0.05) is 23.7 Å². The molecule has 0 radical (unpaired) electrons. The molecule has 0 aliphatic rings. The number of amides is 1. The fourth-order valence-corrected chi connectivity index (χ4v) is 3.70. The maximum atomic E-state index is 12.8. The first kappa shape index (κ1) is 15.8. The molecule has 3 aromatic heterocycles. The van der Waals surface area contributed by atoms with Gasteiger partial charge in [0.05, 0.1) is 16.3 Å². The number of thiazole rings is 1. The molecule has 0 atom stereocenters. The Balaban J connectivity index is 1.87. The smallest absolute Gasteiger partial charge is 0.280 e. The fraction of sp³-hybridized carbons (Fsp3) is 0.0556. The van der Waals surface area contributed by atoms with Crippen LogP contribution in [0.5, 0.6) is 0 Å². The van der Waals surface area contributed by atoms with E-state index in [1.165, 1.54) is 11.3 Å². The fourth-order valence-electron chi connectivity index (χ4n) is 2.65. The molecule has 25 heavy (non-hydrogen) atoms. The number of aromatic nitrogens is 3. The number of hydrogen-bond donors (Lipinski definition) is 1. The standard InChI is InChI=1S/C18H13ClN4OS/c1-11-10-23(15-5-3-2-4-14(15)19)18(25-11)22-17(24)13-7-9-21-16-12(13)6-8-20-16/h2-10H,1H3,(H,20,21)/b22-18-. The number of carbonyl (C=O) groups is 1. The number of pyridine rings is 1. The van der Waals surface area contributed by atoms with Gasteiger partial charge in [0.1, 0.15) is 5.65 Å². The maximum Gasteiger partial charge on any atom is 0.280 e. The van der Waals surface area contributed by atoms with E-state index in [1.807, 2.05) is 48.0 Å². The van der Waals surface area contributed by atoms with Crippen LogP contribution in [-0.4, -0.2) is 20.4 Å². The molecule has 1 N–H and O–H groups in total. The number of benzene rings is 1. The lowest BCUT2D eigenvalue weighted by Crippen LogP contribution is -2.15. The highest BCUT2D eigenvalue weighted by molar-refractivity contribution is 7.09. The average molecular weight is 369 g/mol. The van der Waals surface area contributed by atoms with Gasteiger partial charge < -0.3 is 4.98 Å². The zero-order valence-corrected chi connectivity index (χ0v) is 14.8. The van der Waals surface area contributed by atoms with Crippen molar-refractivity contribution in [3.8, 4) is 5.69 Å². The van der Waals surface area contributed by atoms with E-state index in [4.69, 9.17) is 11.6 Å². The molecule has 0 spiro atoms. The van der Waals surface area contributed by atoms with Crippen molar-refractivity contribution in [1.82, 2.24) is 14.5 Å². The Kier molecular flexibility index (Phi) is 3.99. The summed E-state index contributed by atoms with van der Waals surface area (Å²) in [6, 6.07) is 11.0. The van der Waals surface area contributed by atoms with Crippen LogP contribution in [-0.2, 0) is 0 Å². The van der Waals surface area contributed by atoms with Gasteiger partial charge in [0, 0.05) is 28.9 Å². The van der Waals surface area contributed by atoms with Crippen molar-refractivity contribution in [2.24, 2.45) is 4.99 Å². The Morgan fingerprint density at radius 1 is 1.28 bits per heavy atom. The van der Waals surface area contributed by atoms with Gasteiger partial charge in [-0.05, 0) is 31.2 Å². The Bertz CT molecular complexity index is 1160. The predicted octanol–water partition coefficient (Wildman–Crippen LogP) is 4.12. The summed E-state index contributed by atoms with van der Waals surface area (Å²) < 4.78 is 1.84. The molecule has 5 nitrogen and oxygen atoms in total. The molecular weight excluding hydrogens is 356 g/mol. The number of nitrogens with zero attached hydrogens (tertiary/aromatic N) is 3. The van der Waals surface area contributed by atoms with Crippen molar-refractivity contribution < 1.29 is 4.79 Å². The molecule has 4 rings (SSSR count). The molecule has 7 heteroatoms. The Morgan fingerprint density at radius 3 is 2.96 bits per heavy atom. The second kappa shape index (κ2) is 6.31. The summed E-state index contributed by atoms with van der Waals surface area (Å²) in [4.78, 5) is 25.9. The van der Waals surface area contributed by atoms with E-state index in [1.54, 1.807) is 18.5 Å². The lowest BCUT2D eigenvalue weighted by molar-refractivity contribution is 0.0999. The molecule has 1 aromatic carbocycles. The van der Waals surface area contributed by atoms with Crippen molar-refractivity contribution in [2.75, 3.05) is 0 Å². The second-order valence-corrected chi connectivity index (χ2v) is 7.08. The van der Waals surface area contributed by atoms with Crippen LogP contribution in [0.15, 0.2) is 60.0 Å². The molecule has 0 aliphatic carbocycles. The molecule has 0 aliphatic heterocycles. The van der Waals surface area contributed by atoms with Crippen molar-refractivity contribution in [1.29, 1.82) is 0 Å². The molecule has 3 heterocycles. The minimum atomic E-state index is -0.311. The van der Waals surface area contributed by atoms with E-state index in [0.29, 0.717) is 21.0 Å². The van der Waals surface area contributed by atoms with Crippen LogP contribution in [0.1, 0.15) is 15.2 Å². The van der Waals surface area contributed by atoms with Crippen LogP contribution in [0.4, 0.5) is 0 Å². The number of fused-ring (bicyclic) bond motifs is 1. The average Bonchev–Trinajstić information content (AvgIpc) is 3.21. The van der Waals surface area contributed by atoms with E-state index in [2.05, 4.69) is 15.0 Å². The van der Waals surface area contributed by atoms with Crippen LogP contribution < -0.4 is 4.80 Å². The number of rotatable bonds is 2. The lowest BCUT2D eigenvalue weighted by atomic mass is 10.2. The van der Waals surface area contributed by atoms with Crippen molar-refractivity contribution in [3.63, 3.8) is 0 Å². The Labute approximate surface area is 152 Å². The summed E-state index contributed by atoms with van der Waals surface area (Å²) in [5, 5.41) is 1.36. The number of halogens is 1. The molecule has 4 aromatic rings. The lowest BCUT2D eigenvalue weighted by Gasteiger charge is -2.05. The van der Waals surface area contributed by atoms with Gasteiger partial charge in [-0.3, -0.25) is 9.36 Å². The van der Waals surface area contributed by atoms with Crippen LogP contribution in [0, 0.1) is 6.92 Å². The van der Waals surface area contributed by atoms with Crippen molar-refractivity contribution in [3.05, 3.63) is 75.3 Å². The molecule has 1 amide bonds. The zero-order valence-electron chi connectivity index (χ0n) is 13.2. The maximum absolute atomic E-state index is 12.8. The molecule has 0 saturated heterocycles. The number of para-hydroxylation sites is 1. The van der Waals surface area contributed by atoms with E-state index in [-0.39, 0.29) is 5.91 Å². The van der Waals surface area contributed by atoms with Crippen LogP contribution in [0.3, 0.4) is 0 Å². The number of carbonyl (C=O) groups excluding carboxylic acids is 1. The first-order chi connectivity index (χ1) is 12.1.